The Hall–Kier alpha value is -2.66. The van der Waals surface area contributed by atoms with E-state index >= 15 is 0 Å². The van der Waals surface area contributed by atoms with Gasteiger partial charge in [-0.1, -0.05) is 61.9 Å². The number of benzene rings is 2. The summed E-state index contributed by atoms with van der Waals surface area (Å²) in [6, 6.07) is 16.7. The fraction of sp³-hybridized carbons (Fsp3) is 0.417. The van der Waals surface area contributed by atoms with E-state index in [9.17, 15) is 9.59 Å². The predicted octanol–water partition coefficient (Wildman–Crippen LogP) is 3.74. The van der Waals surface area contributed by atoms with Gasteiger partial charge in [0.2, 0.25) is 5.91 Å². The fourth-order valence-electron chi connectivity index (χ4n) is 3.62. The molecular weight excluding hydrogens is 364 g/mol. The molecule has 0 bridgehead atoms. The molecule has 0 spiro atoms. The maximum atomic E-state index is 13.3. The highest BCUT2D eigenvalue weighted by Gasteiger charge is 2.34. The number of rotatable bonds is 5. The number of aryl methyl sites for hydroxylation is 1. The molecule has 5 nitrogen and oxygen atoms in total. The van der Waals surface area contributed by atoms with Crippen molar-refractivity contribution in [2.75, 3.05) is 13.1 Å². The number of carbonyl (C=O) groups is 2. The van der Waals surface area contributed by atoms with Crippen molar-refractivity contribution < 1.29 is 14.3 Å². The Kier molecular flexibility index (Phi) is 6.70. The van der Waals surface area contributed by atoms with Crippen LogP contribution in [0, 0.1) is 12.8 Å². The van der Waals surface area contributed by atoms with Gasteiger partial charge in [0.15, 0.2) is 0 Å². The lowest BCUT2D eigenvalue weighted by molar-refractivity contribution is -0.147. The zero-order valence-corrected chi connectivity index (χ0v) is 17.6. The third kappa shape index (κ3) is 5.24. The number of carbonyl (C=O) groups excluding carboxylic acids is 2. The average molecular weight is 395 g/mol. The van der Waals surface area contributed by atoms with E-state index in [1.165, 1.54) is 0 Å². The second-order valence-corrected chi connectivity index (χ2v) is 8.15. The Morgan fingerprint density at radius 2 is 1.69 bits per heavy atom. The first-order valence-corrected chi connectivity index (χ1v) is 10.2. The summed E-state index contributed by atoms with van der Waals surface area (Å²) in [5.41, 5.74) is 2.71. The minimum Gasteiger partial charge on any atom is -0.367 e. The molecule has 154 valence electrons. The summed E-state index contributed by atoms with van der Waals surface area (Å²) in [4.78, 5) is 27.9. The van der Waals surface area contributed by atoms with E-state index in [0.29, 0.717) is 18.7 Å². The largest absolute Gasteiger partial charge is 0.367 e. The van der Waals surface area contributed by atoms with E-state index in [0.717, 1.165) is 11.1 Å². The number of hydrogen-bond donors (Lipinski definition) is 1. The predicted molar refractivity (Wildman–Crippen MR) is 114 cm³/mol. The van der Waals surface area contributed by atoms with Crippen LogP contribution in [0.3, 0.4) is 0 Å². The van der Waals surface area contributed by atoms with Crippen molar-refractivity contribution in [2.45, 2.75) is 45.9 Å². The number of nitrogens with one attached hydrogen (secondary N) is 1. The Bertz CT molecular complexity index is 833. The molecule has 0 radical (unpaired) electrons. The molecule has 1 N–H and O–H groups in total. The van der Waals surface area contributed by atoms with Crippen molar-refractivity contribution in [3.63, 3.8) is 0 Å². The topological polar surface area (TPSA) is 58.6 Å². The van der Waals surface area contributed by atoms with Gasteiger partial charge in [0.1, 0.15) is 12.1 Å². The van der Waals surface area contributed by atoms with Crippen molar-refractivity contribution in [1.29, 1.82) is 0 Å². The maximum Gasteiger partial charge on any atom is 0.251 e. The molecule has 5 heteroatoms. The van der Waals surface area contributed by atoms with Gasteiger partial charge in [-0.15, -0.1) is 0 Å². The van der Waals surface area contributed by atoms with Crippen LogP contribution >= 0.6 is 0 Å². The smallest absolute Gasteiger partial charge is 0.251 e. The summed E-state index contributed by atoms with van der Waals surface area (Å²) in [5.74, 6) is -0.306. The van der Waals surface area contributed by atoms with Crippen molar-refractivity contribution >= 4 is 11.8 Å². The third-order valence-electron chi connectivity index (χ3n) is 5.28. The van der Waals surface area contributed by atoms with Crippen molar-refractivity contribution in [3.05, 3.63) is 71.3 Å². The van der Waals surface area contributed by atoms with E-state index in [4.69, 9.17) is 4.74 Å². The minimum absolute atomic E-state index is 0.0229. The van der Waals surface area contributed by atoms with E-state index < -0.39 is 6.04 Å². The lowest BCUT2D eigenvalue weighted by Gasteiger charge is -2.39. The van der Waals surface area contributed by atoms with Crippen molar-refractivity contribution in [2.24, 2.45) is 5.92 Å². The summed E-state index contributed by atoms with van der Waals surface area (Å²) in [5, 5.41) is 2.95. The number of morpholine rings is 1. The Labute approximate surface area is 173 Å². The number of amides is 2. The summed E-state index contributed by atoms with van der Waals surface area (Å²) in [6.45, 7) is 8.87. The molecule has 2 aromatic carbocycles. The van der Waals surface area contributed by atoms with Gasteiger partial charge < -0.3 is 15.0 Å². The lowest BCUT2D eigenvalue weighted by atomic mass is 10.00. The number of ether oxygens (including phenoxy) is 1. The summed E-state index contributed by atoms with van der Waals surface area (Å²) >= 11 is 0. The highest BCUT2D eigenvalue weighted by atomic mass is 16.5. The van der Waals surface area contributed by atoms with Crippen LogP contribution in [-0.4, -0.2) is 41.9 Å². The maximum absolute atomic E-state index is 13.3. The lowest BCUT2D eigenvalue weighted by Crippen LogP contribution is -2.55. The van der Waals surface area contributed by atoms with Gasteiger partial charge in [0, 0.05) is 12.1 Å². The molecule has 1 aliphatic heterocycles. The molecule has 3 atom stereocenters. The van der Waals surface area contributed by atoms with Gasteiger partial charge in [-0.2, -0.15) is 0 Å². The van der Waals surface area contributed by atoms with Gasteiger partial charge in [0.05, 0.1) is 12.6 Å². The highest BCUT2D eigenvalue weighted by Crippen LogP contribution is 2.26. The normalized spacial score (nSPS) is 20.4. The summed E-state index contributed by atoms with van der Waals surface area (Å²) < 4.78 is 6.07. The van der Waals surface area contributed by atoms with Crippen LogP contribution in [0.2, 0.25) is 0 Å². The molecule has 1 aliphatic rings. The zero-order chi connectivity index (χ0) is 21.0. The molecule has 2 amide bonds. The Morgan fingerprint density at radius 3 is 2.31 bits per heavy atom. The van der Waals surface area contributed by atoms with Crippen LogP contribution in [0.1, 0.15) is 48.4 Å². The second-order valence-electron chi connectivity index (χ2n) is 8.15. The van der Waals surface area contributed by atoms with Gasteiger partial charge in [-0.25, -0.2) is 0 Å². The van der Waals surface area contributed by atoms with Crippen LogP contribution in [0.15, 0.2) is 54.6 Å². The van der Waals surface area contributed by atoms with E-state index in [2.05, 4.69) is 5.32 Å². The zero-order valence-electron chi connectivity index (χ0n) is 17.6. The van der Waals surface area contributed by atoms with Gasteiger partial charge in [0.25, 0.3) is 5.91 Å². The van der Waals surface area contributed by atoms with Gasteiger partial charge in [-0.05, 0) is 37.5 Å². The molecule has 1 saturated heterocycles. The molecule has 0 saturated carbocycles. The van der Waals surface area contributed by atoms with Crippen molar-refractivity contribution in [3.8, 4) is 0 Å². The fourth-order valence-corrected chi connectivity index (χ4v) is 3.62. The van der Waals surface area contributed by atoms with Gasteiger partial charge >= 0.3 is 0 Å². The monoisotopic (exact) mass is 394 g/mol. The summed E-state index contributed by atoms with van der Waals surface area (Å²) in [7, 11) is 0. The molecule has 3 rings (SSSR count). The number of hydrogen-bond acceptors (Lipinski definition) is 3. The molecule has 3 unspecified atom stereocenters. The van der Waals surface area contributed by atoms with Crippen LogP contribution in [0.5, 0.6) is 0 Å². The van der Waals surface area contributed by atoms with Crippen LogP contribution in [0.25, 0.3) is 0 Å². The third-order valence-corrected chi connectivity index (χ3v) is 5.28. The Balaban J connectivity index is 1.74. The first-order chi connectivity index (χ1) is 13.8. The highest BCUT2D eigenvalue weighted by molar-refractivity contribution is 5.97. The first-order valence-electron chi connectivity index (χ1n) is 10.2. The average Bonchev–Trinajstić information content (AvgIpc) is 2.72. The molecular formula is C24H30N2O3. The van der Waals surface area contributed by atoms with Crippen LogP contribution < -0.4 is 5.32 Å². The van der Waals surface area contributed by atoms with Crippen LogP contribution in [0.4, 0.5) is 0 Å². The second kappa shape index (κ2) is 9.23. The van der Waals surface area contributed by atoms with Crippen LogP contribution in [-0.2, 0) is 9.53 Å². The molecule has 29 heavy (non-hydrogen) atoms. The molecule has 1 fully saturated rings. The van der Waals surface area contributed by atoms with Crippen molar-refractivity contribution in [1.82, 2.24) is 10.2 Å². The standard InChI is InChI=1S/C24H30N2O3/c1-16(2)22(25-23(27)20-12-10-17(3)11-13-20)24(28)26-14-18(4)29-21(15-26)19-8-6-5-7-9-19/h5-13,16,18,21-22H,14-15H2,1-4H3,(H,25,27). The molecule has 0 aromatic heterocycles. The van der Waals surface area contributed by atoms with E-state index in [-0.39, 0.29) is 29.9 Å². The Morgan fingerprint density at radius 1 is 1.03 bits per heavy atom. The molecule has 2 aromatic rings. The van der Waals surface area contributed by atoms with E-state index in [1.807, 2.05) is 75.1 Å². The summed E-state index contributed by atoms with van der Waals surface area (Å²) in [6.07, 6.45) is -0.233. The van der Waals surface area contributed by atoms with Gasteiger partial charge in [-0.3, -0.25) is 9.59 Å². The first kappa shape index (κ1) is 21.1. The quantitative estimate of drug-likeness (QED) is 0.840. The molecule has 1 heterocycles. The minimum atomic E-state index is -0.578. The number of nitrogens with zero attached hydrogens (tertiary/aromatic N) is 1. The molecule has 0 aliphatic carbocycles. The van der Waals surface area contributed by atoms with E-state index in [1.54, 1.807) is 12.1 Å². The SMILES string of the molecule is Cc1ccc(C(=O)NC(C(=O)N2CC(C)OC(c3ccccc3)C2)C(C)C)cc1.